The van der Waals surface area contributed by atoms with Crippen molar-refractivity contribution in [1.82, 2.24) is 10.2 Å². The summed E-state index contributed by atoms with van der Waals surface area (Å²) in [6.07, 6.45) is 7.83. The third-order valence-electron chi connectivity index (χ3n) is 5.37. The molecule has 25 heavy (non-hydrogen) atoms. The summed E-state index contributed by atoms with van der Waals surface area (Å²) in [5, 5.41) is 7.33. The zero-order chi connectivity index (χ0) is 17.6. The summed E-state index contributed by atoms with van der Waals surface area (Å²) >= 11 is 5.44. The fourth-order valence-electron chi connectivity index (χ4n) is 3.93. The van der Waals surface area contributed by atoms with Gasteiger partial charge in [0.1, 0.15) is 0 Å². The monoisotopic (exact) mass is 359 g/mol. The Morgan fingerprint density at radius 2 is 1.84 bits per heavy atom. The van der Waals surface area contributed by atoms with Crippen LogP contribution in [0.1, 0.15) is 50.5 Å². The van der Waals surface area contributed by atoms with Gasteiger partial charge < -0.3 is 15.5 Å². The number of carbonyl (C=O) groups excluding carboxylic acids is 1. The second-order valence-electron chi connectivity index (χ2n) is 7.40. The van der Waals surface area contributed by atoms with Crippen molar-refractivity contribution >= 4 is 28.9 Å². The average Bonchev–Trinajstić information content (AvgIpc) is 2.62. The maximum Gasteiger partial charge on any atom is 0.225 e. The van der Waals surface area contributed by atoms with Gasteiger partial charge in [0, 0.05) is 30.7 Å². The van der Waals surface area contributed by atoms with Crippen molar-refractivity contribution < 1.29 is 4.79 Å². The molecule has 0 aromatic heterocycles. The number of nitrogens with zero attached hydrogens (tertiary/aromatic N) is 1. The molecule has 1 amide bonds. The summed E-state index contributed by atoms with van der Waals surface area (Å²) in [6.45, 7) is 3.76. The lowest BCUT2D eigenvalue weighted by Crippen LogP contribution is -2.49. The summed E-state index contributed by atoms with van der Waals surface area (Å²) in [4.78, 5) is 14.7. The number of nitrogens with one attached hydrogen (secondary N) is 2. The topological polar surface area (TPSA) is 44.4 Å². The van der Waals surface area contributed by atoms with Crippen molar-refractivity contribution in [3.05, 3.63) is 29.8 Å². The van der Waals surface area contributed by atoms with Crippen LogP contribution < -0.4 is 10.6 Å². The molecule has 5 heteroatoms. The van der Waals surface area contributed by atoms with E-state index in [2.05, 4.69) is 34.6 Å². The molecule has 3 rings (SSSR count). The van der Waals surface area contributed by atoms with Gasteiger partial charge in [-0.05, 0) is 62.5 Å². The number of hydrogen-bond donors (Lipinski definition) is 2. The molecular formula is C20H29N3OS. The zero-order valence-electron chi connectivity index (χ0n) is 15.1. The maximum atomic E-state index is 12.6. The van der Waals surface area contributed by atoms with Gasteiger partial charge in [-0.1, -0.05) is 31.4 Å². The van der Waals surface area contributed by atoms with Crippen molar-refractivity contribution in [2.75, 3.05) is 18.4 Å². The number of thiocarbonyl (C=S) groups is 1. The highest BCUT2D eigenvalue weighted by Gasteiger charge is 2.29. The number of benzene rings is 1. The first-order valence-electron chi connectivity index (χ1n) is 9.55. The molecule has 0 unspecified atom stereocenters. The highest BCUT2D eigenvalue weighted by atomic mass is 32.1. The minimum atomic E-state index is 0.280. The van der Waals surface area contributed by atoms with Gasteiger partial charge in [-0.2, -0.15) is 0 Å². The molecule has 1 aromatic rings. The Balaban J connectivity index is 1.42. The van der Waals surface area contributed by atoms with Crippen molar-refractivity contribution in [1.29, 1.82) is 0 Å². The van der Waals surface area contributed by atoms with Crippen molar-refractivity contribution in [3.8, 4) is 0 Å². The van der Waals surface area contributed by atoms with Crippen LogP contribution in [0.25, 0.3) is 0 Å². The number of rotatable bonds is 3. The highest BCUT2D eigenvalue weighted by molar-refractivity contribution is 7.80. The molecule has 2 fully saturated rings. The SMILES string of the molecule is Cc1cccc(NC(=S)NC2CCN(C(=O)C3CCCCC3)CC2)c1. The third kappa shape index (κ3) is 5.18. The van der Waals surface area contributed by atoms with Crippen LogP contribution in [0.2, 0.25) is 0 Å². The van der Waals surface area contributed by atoms with Crippen LogP contribution in [0.4, 0.5) is 5.69 Å². The van der Waals surface area contributed by atoms with Gasteiger partial charge in [0.05, 0.1) is 0 Å². The molecule has 0 bridgehead atoms. The van der Waals surface area contributed by atoms with Crippen LogP contribution in [0.3, 0.4) is 0 Å². The van der Waals surface area contributed by atoms with E-state index in [1.54, 1.807) is 0 Å². The lowest BCUT2D eigenvalue weighted by atomic mass is 9.87. The van der Waals surface area contributed by atoms with Crippen LogP contribution >= 0.6 is 12.2 Å². The minimum absolute atomic E-state index is 0.280. The quantitative estimate of drug-likeness (QED) is 0.805. The number of carbonyl (C=O) groups is 1. The first-order chi connectivity index (χ1) is 12.1. The summed E-state index contributed by atoms with van der Waals surface area (Å²) in [5.41, 5.74) is 2.23. The average molecular weight is 360 g/mol. The molecule has 2 aliphatic rings. The van der Waals surface area contributed by atoms with E-state index in [1.165, 1.54) is 24.8 Å². The summed E-state index contributed by atoms with van der Waals surface area (Å²) in [7, 11) is 0. The molecule has 1 saturated heterocycles. The Bertz CT molecular complexity index is 605. The molecule has 1 saturated carbocycles. The lowest BCUT2D eigenvalue weighted by molar-refractivity contribution is -0.137. The van der Waals surface area contributed by atoms with E-state index in [4.69, 9.17) is 12.2 Å². The smallest absolute Gasteiger partial charge is 0.225 e. The molecule has 0 atom stereocenters. The summed E-state index contributed by atoms with van der Waals surface area (Å²) < 4.78 is 0. The van der Waals surface area contributed by atoms with E-state index in [9.17, 15) is 4.79 Å². The van der Waals surface area contributed by atoms with Gasteiger partial charge >= 0.3 is 0 Å². The van der Waals surface area contributed by atoms with E-state index in [0.29, 0.717) is 17.1 Å². The molecule has 0 spiro atoms. The summed E-state index contributed by atoms with van der Waals surface area (Å²) in [6, 6.07) is 8.54. The van der Waals surface area contributed by atoms with Crippen LogP contribution in [0, 0.1) is 12.8 Å². The van der Waals surface area contributed by atoms with Crippen LogP contribution in [0.5, 0.6) is 0 Å². The predicted octanol–water partition coefficient (Wildman–Crippen LogP) is 3.85. The van der Waals surface area contributed by atoms with Crippen LogP contribution in [0.15, 0.2) is 24.3 Å². The highest BCUT2D eigenvalue weighted by Crippen LogP contribution is 2.26. The second kappa shape index (κ2) is 8.65. The third-order valence-corrected chi connectivity index (χ3v) is 5.59. The van der Waals surface area contributed by atoms with Gasteiger partial charge in [-0.15, -0.1) is 0 Å². The van der Waals surface area contributed by atoms with E-state index in [-0.39, 0.29) is 5.92 Å². The number of amides is 1. The van der Waals surface area contributed by atoms with Gasteiger partial charge in [-0.3, -0.25) is 4.79 Å². The maximum absolute atomic E-state index is 12.6. The van der Waals surface area contributed by atoms with E-state index < -0.39 is 0 Å². The molecule has 0 radical (unpaired) electrons. The molecule has 1 aliphatic heterocycles. The largest absolute Gasteiger partial charge is 0.360 e. The van der Waals surface area contributed by atoms with Gasteiger partial charge in [-0.25, -0.2) is 0 Å². The first kappa shape index (κ1) is 18.2. The fourth-order valence-corrected chi connectivity index (χ4v) is 4.21. The normalized spacial score (nSPS) is 19.5. The Kier molecular flexibility index (Phi) is 6.29. The Morgan fingerprint density at radius 1 is 1.12 bits per heavy atom. The fraction of sp³-hybridized carbons (Fsp3) is 0.600. The standard InChI is InChI=1S/C20H29N3OS/c1-15-6-5-9-18(14-15)22-20(25)21-17-10-12-23(13-11-17)19(24)16-7-3-2-4-8-16/h5-6,9,14,16-17H,2-4,7-8,10-13H2,1H3,(H2,21,22,25). The molecule has 1 heterocycles. The van der Waals surface area contributed by atoms with Crippen LogP contribution in [-0.2, 0) is 4.79 Å². The Labute approximate surface area is 156 Å². The zero-order valence-corrected chi connectivity index (χ0v) is 15.9. The van der Waals surface area contributed by atoms with Gasteiger partial charge in [0.25, 0.3) is 0 Å². The molecule has 1 aromatic carbocycles. The second-order valence-corrected chi connectivity index (χ2v) is 7.81. The van der Waals surface area contributed by atoms with Gasteiger partial charge in [0.2, 0.25) is 5.91 Å². The first-order valence-corrected chi connectivity index (χ1v) is 9.95. The summed E-state index contributed by atoms with van der Waals surface area (Å²) in [5.74, 6) is 0.668. The number of anilines is 1. The Morgan fingerprint density at radius 3 is 2.52 bits per heavy atom. The predicted molar refractivity (Wildman–Crippen MR) is 107 cm³/mol. The van der Waals surface area contributed by atoms with Gasteiger partial charge in [0.15, 0.2) is 5.11 Å². The molecule has 2 N–H and O–H groups in total. The van der Waals surface area contributed by atoms with Crippen molar-refractivity contribution in [3.63, 3.8) is 0 Å². The van der Waals surface area contributed by atoms with E-state index in [1.807, 2.05) is 12.1 Å². The molecule has 136 valence electrons. The minimum Gasteiger partial charge on any atom is -0.360 e. The Hall–Kier alpha value is -1.62. The lowest BCUT2D eigenvalue weighted by Gasteiger charge is -2.35. The van der Waals surface area contributed by atoms with E-state index in [0.717, 1.165) is 44.5 Å². The van der Waals surface area contributed by atoms with Crippen LogP contribution in [-0.4, -0.2) is 35.1 Å². The molecule has 4 nitrogen and oxygen atoms in total. The van der Waals surface area contributed by atoms with E-state index >= 15 is 0 Å². The number of piperidine rings is 1. The van der Waals surface area contributed by atoms with Crippen molar-refractivity contribution in [2.24, 2.45) is 5.92 Å². The number of likely N-dealkylation sites (tertiary alicyclic amines) is 1. The molecule has 1 aliphatic carbocycles. The molecular weight excluding hydrogens is 330 g/mol. The number of hydrogen-bond acceptors (Lipinski definition) is 2. The van der Waals surface area contributed by atoms with Crippen molar-refractivity contribution in [2.45, 2.75) is 57.9 Å². The number of aryl methyl sites for hydroxylation is 1.